The molecule has 31 heavy (non-hydrogen) atoms. The van der Waals surface area contributed by atoms with Crippen molar-refractivity contribution in [1.82, 2.24) is 9.97 Å². The molecule has 1 aromatic heterocycles. The molecule has 0 spiro atoms. The van der Waals surface area contributed by atoms with E-state index in [1.54, 1.807) is 4.90 Å². The fourth-order valence-electron chi connectivity index (χ4n) is 3.23. The largest absolute Gasteiger partial charge is 0.573 e. The van der Waals surface area contributed by atoms with Gasteiger partial charge in [-0.15, -0.1) is 13.2 Å². The van der Waals surface area contributed by atoms with Crippen LogP contribution in [-0.4, -0.2) is 47.4 Å². The SMILES string of the molecule is COC(=O)C1CCN(c2ncnc(Nc3ccc(OC(F)(F)F)cc3)c2[N+](=O)[O-])CC1. The van der Waals surface area contributed by atoms with Crippen molar-refractivity contribution in [2.24, 2.45) is 5.92 Å². The van der Waals surface area contributed by atoms with Gasteiger partial charge in [0, 0.05) is 18.8 Å². The maximum absolute atomic E-state index is 12.3. The Labute approximate surface area is 174 Å². The number of anilines is 3. The van der Waals surface area contributed by atoms with Crippen LogP contribution in [0, 0.1) is 16.0 Å². The van der Waals surface area contributed by atoms with Gasteiger partial charge in [0.05, 0.1) is 18.0 Å². The Morgan fingerprint density at radius 3 is 2.42 bits per heavy atom. The number of nitrogens with zero attached hydrogens (tertiary/aromatic N) is 4. The fourth-order valence-corrected chi connectivity index (χ4v) is 3.23. The molecule has 10 nitrogen and oxygen atoms in total. The van der Waals surface area contributed by atoms with Crippen LogP contribution in [0.2, 0.25) is 0 Å². The summed E-state index contributed by atoms with van der Waals surface area (Å²) in [6.45, 7) is 0.723. The van der Waals surface area contributed by atoms with Crippen molar-refractivity contribution in [3.05, 3.63) is 40.7 Å². The van der Waals surface area contributed by atoms with E-state index in [-0.39, 0.29) is 34.9 Å². The first-order chi connectivity index (χ1) is 14.7. The topological polar surface area (TPSA) is 120 Å². The molecule has 0 amide bonds. The average Bonchev–Trinajstić information content (AvgIpc) is 2.73. The highest BCUT2D eigenvalue weighted by Gasteiger charge is 2.33. The van der Waals surface area contributed by atoms with E-state index in [1.807, 2.05) is 0 Å². The Hall–Kier alpha value is -3.64. The third-order valence-electron chi connectivity index (χ3n) is 4.67. The molecule has 1 aliphatic heterocycles. The number of carbonyl (C=O) groups is 1. The van der Waals surface area contributed by atoms with Crippen LogP contribution in [0.25, 0.3) is 0 Å². The van der Waals surface area contributed by atoms with E-state index in [1.165, 1.54) is 19.2 Å². The Balaban J connectivity index is 1.80. The number of methoxy groups -OCH3 is 1. The van der Waals surface area contributed by atoms with Gasteiger partial charge in [-0.25, -0.2) is 9.97 Å². The molecule has 2 aromatic rings. The molecule has 1 aliphatic rings. The summed E-state index contributed by atoms with van der Waals surface area (Å²) >= 11 is 0. The van der Waals surface area contributed by atoms with Crippen LogP contribution >= 0.6 is 0 Å². The van der Waals surface area contributed by atoms with Crippen LogP contribution in [0.15, 0.2) is 30.6 Å². The molecule has 1 aromatic carbocycles. The predicted octanol–water partition coefficient (Wildman–Crippen LogP) is 3.42. The van der Waals surface area contributed by atoms with Crippen molar-refractivity contribution < 1.29 is 32.4 Å². The Morgan fingerprint density at radius 2 is 1.87 bits per heavy atom. The zero-order valence-corrected chi connectivity index (χ0v) is 16.3. The zero-order valence-electron chi connectivity index (χ0n) is 16.3. The van der Waals surface area contributed by atoms with Gasteiger partial charge >= 0.3 is 18.0 Å². The number of carbonyl (C=O) groups excluding carboxylic acids is 1. The summed E-state index contributed by atoms with van der Waals surface area (Å²) in [4.78, 5) is 32.4. The van der Waals surface area contributed by atoms with E-state index in [0.717, 1.165) is 18.5 Å². The lowest BCUT2D eigenvalue weighted by molar-refractivity contribution is -0.383. The van der Waals surface area contributed by atoms with Gasteiger partial charge in [-0.05, 0) is 37.1 Å². The molecule has 0 unspecified atom stereocenters. The Kier molecular flexibility index (Phi) is 6.42. The number of esters is 1. The average molecular weight is 441 g/mol. The number of nitro groups is 1. The van der Waals surface area contributed by atoms with E-state index in [4.69, 9.17) is 4.74 Å². The molecule has 0 atom stereocenters. The molecule has 1 N–H and O–H groups in total. The minimum atomic E-state index is -4.82. The van der Waals surface area contributed by atoms with Crippen molar-refractivity contribution in [2.45, 2.75) is 19.2 Å². The highest BCUT2D eigenvalue weighted by Crippen LogP contribution is 2.36. The number of hydrogen-bond acceptors (Lipinski definition) is 9. The van der Waals surface area contributed by atoms with Gasteiger partial charge in [0.2, 0.25) is 11.6 Å². The van der Waals surface area contributed by atoms with E-state index in [2.05, 4.69) is 20.0 Å². The number of rotatable bonds is 6. The Bertz CT molecular complexity index is 947. The molecule has 0 aliphatic carbocycles. The van der Waals surface area contributed by atoms with Gasteiger partial charge in [0.1, 0.15) is 12.1 Å². The van der Waals surface area contributed by atoms with Crippen molar-refractivity contribution in [2.75, 3.05) is 30.4 Å². The summed E-state index contributed by atoms with van der Waals surface area (Å²) < 4.78 is 45.4. The van der Waals surface area contributed by atoms with E-state index in [9.17, 15) is 28.1 Å². The third-order valence-corrected chi connectivity index (χ3v) is 4.67. The van der Waals surface area contributed by atoms with Gasteiger partial charge in [-0.1, -0.05) is 0 Å². The fraction of sp³-hybridized carbons (Fsp3) is 0.389. The van der Waals surface area contributed by atoms with Gasteiger partial charge in [0.15, 0.2) is 0 Å². The first kappa shape index (κ1) is 22.1. The molecule has 0 saturated carbocycles. The van der Waals surface area contributed by atoms with Crippen molar-refractivity contribution in [1.29, 1.82) is 0 Å². The minimum absolute atomic E-state index is 0.0860. The van der Waals surface area contributed by atoms with E-state index < -0.39 is 17.0 Å². The normalized spacial score (nSPS) is 14.8. The van der Waals surface area contributed by atoms with Gasteiger partial charge in [0.25, 0.3) is 0 Å². The molecule has 1 saturated heterocycles. The van der Waals surface area contributed by atoms with Crippen LogP contribution < -0.4 is 15.0 Å². The standard InChI is InChI=1S/C18H18F3N5O5/c1-30-17(27)11-6-8-25(9-7-11)16-14(26(28)29)15(22-10-23-16)24-12-2-4-13(5-3-12)31-18(19,20)21/h2-5,10-11H,6-9H2,1H3,(H,22,23,24). The molecule has 0 bridgehead atoms. The lowest BCUT2D eigenvalue weighted by Gasteiger charge is -2.31. The third kappa shape index (κ3) is 5.49. The molecule has 13 heteroatoms. The lowest BCUT2D eigenvalue weighted by Crippen LogP contribution is -2.37. The molecule has 2 heterocycles. The molecular formula is C18H18F3N5O5. The number of aromatic nitrogens is 2. The summed E-state index contributed by atoms with van der Waals surface area (Å²) in [7, 11) is 1.31. The second kappa shape index (κ2) is 9.02. The molecule has 1 fully saturated rings. The van der Waals surface area contributed by atoms with Crippen LogP contribution in [0.5, 0.6) is 5.75 Å². The van der Waals surface area contributed by atoms with Crippen LogP contribution in [0.3, 0.4) is 0 Å². The lowest BCUT2D eigenvalue weighted by atomic mass is 9.97. The van der Waals surface area contributed by atoms with E-state index >= 15 is 0 Å². The maximum atomic E-state index is 12.3. The van der Waals surface area contributed by atoms with Gasteiger partial charge in [-0.2, -0.15) is 0 Å². The summed E-state index contributed by atoms with van der Waals surface area (Å²) in [5, 5.41) is 14.5. The van der Waals surface area contributed by atoms with E-state index in [0.29, 0.717) is 25.9 Å². The number of halogens is 3. The predicted molar refractivity (Wildman–Crippen MR) is 102 cm³/mol. The second-order valence-electron chi connectivity index (χ2n) is 6.63. The highest BCUT2D eigenvalue weighted by molar-refractivity contribution is 5.76. The smallest absolute Gasteiger partial charge is 0.469 e. The molecule has 3 rings (SSSR count). The number of benzene rings is 1. The van der Waals surface area contributed by atoms with Crippen LogP contribution in [0.4, 0.5) is 36.2 Å². The summed E-state index contributed by atoms with van der Waals surface area (Å²) in [5.41, 5.74) is -0.110. The second-order valence-corrected chi connectivity index (χ2v) is 6.63. The Morgan fingerprint density at radius 1 is 1.23 bits per heavy atom. The zero-order chi connectivity index (χ0) is 22.6. The van der Waals surface area contributed by atoms with Crippen molar-refractivity contribution in [3.63, 3.8) is 0 Å². The van der Waals surface area contributed by atoms with Gasteiger partial charge < -0.3 is 19.7 Å². The number of nitrogens with one attached hydrogen (secondary N) is 1. The van der Waals surface area contributed by atoms with Crippen molar-refractivity contribution >= 4 is 29.0 Å². The minimum Gasteiger partial charge on any atom is -0.469 e. The highest BCUT2D eigenvalue weighted by atomic mass is 19.4. The molecule has 0 radical (unpaired) electrons. The number of hydrogen-bond donors (Lipinski definition) is 1. The molecule has 166 valence electrons. The first-order valence-corrected chi connectivity index (χ1v) is 9.13. The summed E-state index contributed by atoms with van der Waals surface area (Å²) in [6, 6.07) is 4.69. The monoisotopic (exact) mass is 441 g/mol. The quantitative estimate of drug-likeness (QED) is 0.408. The van der Waals surface area contributed by atoms with Crippen LogP contribution in [0.1, 0.15) is 12.8 Å². The number of ether oxygens (including phenoxy) is 2. The van der Waals surface area contributed by atoms with Crippen LogP contribution in [-0.2, 0) is 9.53 Å². The maximum Gasteiger partial charge on any atom is 0.573 e. The van der Waals surface area contributed by atoms with Gasteiger partial charge in [-0.3, -0.25) is 14.9 Å². The summed E-state index contributed by atoms with van der Waals surface area (Å²) in [6.07, 6.45) is -2.76. The molecular weight excluding hydrogens is 423 g/mol. The summed E-state index contributed by atoms with van der Waals surface area (Å²) in [5.74, 6) is -1.06. The number of alkyl halides is 3. The van der Waals surface area contributed by atoms with Crippen molar-refractivity contribution in [3.8, 4) is 5.75 Å². The first-order valence-electron chi connectivity index (χ1n) is 9.13. The number of piperidine rings is 1.